The molecule has 0 saturated heterocycles. The molecule has 4 heteroatoms. The van der Waals surface area contributed by atoms with E-state index in [2.05, 4.69) is 0 Å². The van der Waals surface area contributed by atoms with Crippen molar-refractivity contribution in [3.05, 3.63) is 35.1 Å². The molecule has 0 aliphatic rings. The molecule has 1 aromatic carbocycles. The highest BCUT2D eigenvalue weighted by Crippen LogP contribution is 2.18. The molecule has 1 atom stereocenters. The van der Waals surface area contributed by atoms with Crippen molar-refractivity contribution in [2.45, 2.75) is 13.0 Å². The molecule has 0 bridgehead atoms. The third-order valence-electron chi connectivity index (χ3n) is 1.49. The summed E-state index contributed by atoms with van der Waals surface area (Å²) in [5.74, 6) is -4.09. The van der Waals surface area contributed by atoms with E-state index in [0.717, 1.165) is 12.1 Å². The van der Waals surface area contributed by atoms with Crippen LogP contribution in [-0.4, -0.2) is 5.11 Å². The van der Waals surface area contributed by atoms with E-state index in [9.17, 15) is 13.2 Å². The maximum atomic E-state index is 12.5. The molecule has 0 aliphatic heterocycles. The summed E-state index contributed by atoms with van der Waals surface area (Å²) < 4.78 is 37.3. The molecule has 0 amide bonds. The minimum Gasteiger partial charge on any atom is -0.389 e. The lowest BCUT2D eigenvalue weighted by molar-refractivity contribution is 0.197. The number of aliphatic hydroxyl groups is 1. The van der Waals surface area contributed by atoms with Crippen LogP contribution in [0.1, 0.15) is 18.6 Å². The number of hydrogen-bond acceptors (Lipinski definition) is 1. The van der Waals surface area contributed by atoms with Gasteiger partial charge in [-0.25, -0.2) is 13.2 Å². The standard InChI is InChI=1S/C8H7F3O/c1-4(12)5-2-6(9)8(11)7(10)3-5/h2-4,12H,1H3/t4-/m1/s1. The van der Waals surface area contributed by atoms with Gasteiger partial charge in [-0.1, -0.05) is 0 Å². The predicted octanol–water partition coefficient (Wildman–Crippen LogP) is 2.16. The molecule has 66 valence electrons. The van der Waals surface area contributed by atoms with Crippen molar-refractivity contribution < 1.29 is 18.3 Å². The maximum absolute atomic E-state index is 12.5. The highest BCUT2D eigenvalue weighted by Gasteiger charge is 2.12. The van der Waals surface area contributed by atoms with Gasteiger partial charge in [-0.05, 0) is 24.6 Å². The molecule has 1 rings (SSSR count). The second-order valence-corrected chi connectivity index (χ2v) is 2.47. The van der Waals surface area contributed by atoms with Crippen LogP contribution in [0.15, 0.2) is 12.1 Å². The normalized spacial score (nSPS) is 13.1. The lowest BCUT2D eigenvalue weighted by atomic mass is 10.1. The molecule has 12 heavy (non-hydrogen) atoms. The van der Waals surface area contributed by atoms with Gasteiger partial charge in [0.1, 0.15) is 0 Å². The SMILES string of the molecule is C[C@@H](O)c1cc(F)c(F)c(F)c1. The van der Waals surface area contributed by atoms with Gasteiger partial charge in [-0.2, -0.15) is 0 Å². The van der Waals surface area contributed by atoms with Crippen LogP contribution in [0.5, 0.6) is 0 Å². The molecule has 1 aromatic rings. The minimum absolute atomic E-state index is 0.0198. The zero-order valence-corrected chi connectivity index (χ0v) is 6.31. The first-order chi connectivity index (χ1) is 5.52. The fourth-order valence-electron chi connectivity index (χ4n) is 0.816. The van der Waals surface area contributed by atoms with Gasteiger partial charge in [-0.15, -0.1) is 0 Å². The van der Waals surface area contributed by atoms with Crippen LogP contribution >= 0.6 is 0 Å². The topological polar surface area (TPSA) is 20.2 Å². The molecule has 0 fully saturated rings. The summed E-state index contributed by atoms with van der Waals surface area (Å²) in [6, 6.07) is 1.53. The van der Waals surface area contributed by atoms with Gasteiger partial charge in [-0.3, -0.25) is 0 Å². The molecule has 0 aromatic heterocycles. The number of aliphatic hydroxyl groups excluding tert-OH is 1. The molecule has 0 heterocycles. The number of halogens is 3. The summed E-state index contributed by atoms with van der Waals surface area (Å²) in [7, 11) is 0. The fourth-order valence-corrected chi connectivity index (χ4v) is 0.816. The fraction of sp³-hybridized carbons (Fsp3) is 0.250. The van der Waals surface area contributed by atoms with Crippen LogP contribution < -0.4 is 0 Å². The molecule has 0 saturated carbocycles. The highest BCUT2D eigenvalue weighted by molar-refractivity contribution is 5.20. The Morgan fingerprint density at radius 1 is 1.17 bits per heavy atom. The van der Waals surface area contributed by atoms with Crippen LogP contribution in [0.2, 0.25) is 0 Å². The molecule has 0 unspecified atom stereocenters. The van der Waals surface area contributed by atoms with Gasteiger partial charge in [0.15, 0.2) is 17.5 Å². The highest BCUT2D eigenvalue weighted by atomic mass is 19.2. The van der Waals surface area contributed by atoms with Crippen molar-refractivity contribution in [2.24, 2.45) is 0 Å². The molecule has 0 spiro atoms. The van der Waals surface area contributed by atoms with Gasteiger partial charge in [0.25, 0.3) is 0 Å². The molecule has 1 N–H and O–H groups in total. The monoisotopic (exact) mass is 176 g/mol. The average molecular weight is 176 g/mol. The van der Waals surface area contributed by atoms with Gasteiger partial charge in [0, 0.05) is 0 Å². The van der Waals surface area contributed by atoms with Crippen LogP contribution in [0.25, 0.3) is 0 Å². The van der Waals surface area contributed by atoms with E-state index in [1.807, 2.05) is 0 Å². The molecule has 0 aliphatic carbocycles. The van der Waals surface area contributed by atoms with E-state index in [1.54, 1.807) is 0 Å². The van der Waals surface area contributed by atoms with E-state index in [4.69, 9.17) is 5.11 Å². The molecular weight excluding hydrogens is 169 g/mol. The minimum atomic E-state index is -1.51. The Bertz CT molecular complexity index is 273. The number of benzene rings is 1. The summed E-state index contributed by atoms with van der Waals surface area (Å²) in [6.45, 7) is 1.34. The van der Waals surface area contributed by atoms with Gasteiger partial charge < -0.3 is 5.11 Å². The lowest BCUT2D eigenvalue weighted by Crippen LogP contribution is -1.97. The van der Waals surface area contributed by atoms with Crippen LogP contribution in [0, 0.1) is 17.5 Å². The average Bonchev–Trinajstić information content (AvgIpc) is 1.99. The van der Waals surface area contributed by atoms with Crippen LogP contribution in [0.3, 0.4) is 0 Å². The first-order valence-corrected chi connectivity index (χ1v) is 3.35. The largest absolute Gasteiger partial charge is 0.389 e. The first kappa shape index (κ1) is 9.06. The number of hydrogen-bond donors (Lipinski definition) is 1. The zero-order valence-electron chi connectivity index (χ0n) is 6.31. The quantitative estimate of drug-likeness (QED) is 0.650. The summed E-state index contributed by atoms with van der Waals surface area (Å²) in [4.78, 5) is 0. The summed E-state index contributed by atoms with van der Waals surface area (Å²) in [5.41, 5.74) is 0.0198. The van der Waals surface area contributed by atoms with Crippen molar-refractivity contribution in [2.75, 3.05) is 0 Å². The summed E-state index contributed by atoms with van der Waals surface area (Å²) in [6.07, 6.45) is -1.01. The number of rotatable bonds is 1. The smallest absolute Gasteiger partial charge is 0.194 e. The Labute approximate surface area is 67.5 Å². The van der Waals surface area contributed by atoms with E-state index in [-0.39, 0.29) is 5.56 Å². The van der Waals surface area contributed by atoms with Crippen LogP contribution in [0.4, 0.5) is 13.2 Å². The van der Waals surface area contributed by atoms with Crippen molar-refractivity contribution in [3.63, 3.8) is 0 Å². The Hall–Kier alpha value is -1.03. The molecule has 1 nitrogen and oxygen atoms in total. The molecule has 0 radical (unpaired) electrons. The van der Waals surface area contributed by atoms with Crippen molar-refractivity contribution in [3.8, 4) is 0 Å². The summed E-state index contributed by atoms with van der Waals surface area (Å²) in [5, 5.41) is 8.91. The van der Waals surface area contributed by atoms with Crippen molar-refractivity contribution in [1.82, 2.24) is 0 Å². The maximum Gasteiger partial charge on any atom is 0.194 e. The summed E-state index contributed by atoms with van der Waals surface area (Å²) >= 11 is 0. The Morgan fingerprint density at radius 3 is 1.92 bits per heavy atom. The lowest BCUT2D eigenvalue weighted by Gasteiger charge is -2.04. The third kappa shape index (κ3) is 1.58. The Kier molecular flexibility index (Phi) is 2.38. The van der Waals surface area contributed by atoms with Crippen LogP contribution in [-0.2, 0) is 0 Å². The second-order valence-electron chi connectivity index (χ2n) is 2.47. The second kappa shape index (κ2) is 3.15. The van der Waals surface area contributed by atoms with Gasteiger partial charge in [0.2, 0.25) is 0 Å². The molecular formula is C8H7F3O. The van der Waals surface area contributed by atoms with Crippen molar-refractivity contribution >= 4 is 0 Å². The Morgan fingerprint density at radius 2 is 1.58 bits per heavy atom. The van der Waals surface area contributed by atoms with E-state index in [1.165, 1.54) is 6.92 Å². The predicted molar refractivity (Wildman–Crippen MR) is 36.9 cm³/mol. The Balaban J connectivity index is 3.21. The zero-order chi connectivity index (χ0) is 9.30. The van der Waals surface area contributed by atoms with Crippen molar-refractivity contribution in [1.29, 1.82) is 0 Å². The first-order valence-electron chi connectivity index (χ1n) is 3.35. The van der Waals surface area contributed by atoms with E-state index >= 15 is 0 Å². The van der Waals surface area contributed by atoms with E-state index < -0.39 is 23.6 Å². The van der Waals surface area contributed by atoms with Gasteiger partial charge in [0.05, 0.1) is 6.10 Å². The van der Waals surface area contributed by atoms with E-state index in [0.29, 0.717) is 0 Å². The third-order valence-corrected chi connectivity index (χ3v) is 1.49. The van der Waals surface area contributed by atoms with Gasteiger partial charge >= 0.3 is 0 Å².